The Morgan fingerprint density at radius 3 is 2.50 bits per heavy atom. The standard InChI is InChI=1S/C13H24N2O3/c1-8(2)12(17)15-11-7-10(11)6-9(3)13(18)14-4-5-16/h8-11,16H,4-7H2,1-3H3,(H,14,18)(H,15,17). The van der Waals surface area contributed by atoms with E-state index in [2.05, 4.69) is 10.6 Å². The van der Waals surface area contributed by atoms with E-state index in [-0.39, 0.29) is 36.3 Å². The molecule has 0 saturated heterocycles. The maximum atomic E-state index is 11.6. The summed E-state index contributed by atoms with van der Waals surface area (Å²) >= 11 is 0. The molecule has 0 radical (unpaired) electrons. The number of hydrogen-bond acceptors (Lipinski definition) is 3. The van der Waals surface area contributed by atoms with Crippen LogP contribution in [-0.2, 0) is 9.59 Å². The smallest absolute Gasteiger partial charge is 0.222 e. The quantitative estimate of drug-likeness (QED) is 0.612. The number of aliphatic hydroxyl groups is 1. The number of amides is 2. The third-order valence-corrected chi connectivity index (χ3v) is 3.29. The highest BCUT2D eigenvalue weighted by Gasteiger charge is 2.40. The molecule has 1 fully saturated rings. The Kier molecular flexibility index (Phi) is 5.59. The Bertz CT molecular complexity index is 305. The Morgan fingerprint density at radius 1 is 1.28 bits per heavy atom. The molecular weight excluding hydrogens is 232 g/mol. The minimum absolute atomic E-state index is 0.0107. The topological polar surface area (TPSA) is 78.4 Å². The predicted octanol–water partition coefficient (Wildman–Crippen LogP) is 0.282. The third kappa shape index (κ3) is 4.64. The van der Waals surface area contributed by atoms with Gasteiger partial charge in [0.1, 0.15) is 0 Å². The molecule has 1 rings (SSSR count). The van der Waals surface area contributed by atoms with Gasteiger partial charge in [0.25, 0.3) is 0 Å². The van der Waals surface area contributed by atoms with Crippen molar-refractivity contribution >= 4 is 11.8 Å². The number of carbonyl (C=O) groups is 2. The fraction of sp³-hybridized carbons (Fsp3) is 0.846. The van der Waals surface area contributed by atoms with Crippen LogP contribution in [0.25, 0.3) is 0 Å². The average molecular weight is 256 g/mol. The van der Waals surface area contributed by atoms with Crippen molar-refractivity contribution < 1.29 is 14.7 Å². The van der Waals surface area contributed by atoms with E-state index >= 15 is 0 Å². The molecule has 3 N–H and O–H groups in total. The molecule has 0 aromatic carbocycles. The summed E-state index contributed by atoms with van der Waals surface area (Å²) in [6, 6.07) is 0.244. The van der Waals surface area contributed by atoms with E-state index in [1.54, 1.807) is 0 Å². The van der Waals surface area contributed by atoms with Gasteiger partial charge in [0.15, 0.2) is 0 Å². The Labute approximate surface area is 108 Å². The van der Waals surface area contributed by atoms with Gasteiger partial charge in [0, 0.05) is 24.4 Å². The molecule has 0 aromatic rings. The number of rotatable bonds is 7. The lowest BCUT2D eigenvalue weighted by molar-refractivity contribution is -0.125. The summed E-state index contributed by atoms with van der Waals surface area (Å²) in [5, 5.41) is 14.3. The largest absolute Gasteiger partial charge is 0.395 e. The lowest BCUT2D eigenvalue weighted by Crippen LogP contribution is -2.33. The van der Waals surface area contributed by atoms with E-state index < -0.39 is 0 Å². The van der Waals surface area contributed by atoms with Crippen LogP contribution in [0.3, 0.4) is 0 Å². The van der Waals surface area contributed by atoms with Crippen LogP contribution in [0.5, 0.6) is 0 Å². The number of aliphatic hydroxyl groups excluding tert-OH is 1. The Balaban J connectivity index is 2.22. The van der Waals surface area contributed by atoms with Crippen LogP contribution in [0.1, 0.15) is 33.6 Å². The zero-order valence-electron chi connectivity index (χ0n) is 11.4. The summed E-state index contributed by atoms with van der Waals surface area (Å²) < 4.78 is 0. The molecule has 0 heterocycles. The van der Waals surface area contributed by atoms with E-state index in [4.69, 9.17) is 5.11 Å². The van der Waals surface area contributed by atoms with E-state index in [1.165, 1.54) is 0 Å². The Hall–Kier alpha value is -1.10. The van der Waals surface area contributed by atoms with Gasteiger partial charge in [-0.05, 0) is 18.8 Å². The minimum atomic E-state index is -0.0671. The average Bonchev–Trinajstić information content (AvgIpc) is 3.03. The van der Waals surface area contributed by atoms with E-state index in [0.29, 0.717) is 12.5 Å². The molecule has 18 heavy (non-hydrogen) atoms. The molecule has 1 saturated carbocycles. The van der Waals surface area contributed by atoms with Crippen molar-refractivity contribution in [3.05, 3.63) is 0 Å². The monoisotopic (exact) mass is 256 g/mol. The van der Waals surface area contributed by atoms with E-state index in [0.717, 1.165) is 12.8 Å². The SMILES string of the molecule is CC(C)C(=O)NC1CC1CC(C)C(=O)NCCO. The molecule has 1 aliphatic rings. The molecule has 2 amide bonds. The highest BCUT2D eigenvalue weighted by Crippen LogP contribution is 2.36. The number of nitrogens with one attached hydrogen (secondary N) is 2. The van der Waals surface area contributed by atoms with Crippen LogP contribution in [0.4, 0.5) is 0 Å². The molecule has 5 nitrogen and oxygen atoms in total. The maximum Gasteiger partial charge on any atom is 0.222 e. The van der Waals surface area contributed by atoms with Crippen molar-refractivity contribution in [2.24, 2.45) is 17.8 Å². The molecule has 104 valence electrons. The van der Waals surface area contributed by atoms with Crippen molar-refractivity contribution in [3.8, 4) is 0 Å². The minimum Gasteiger partial charge on any atom is -0.395 e. The van der Waals surface area contributed by atoms with Gasteiger partial charge in [-0.25, -0.2) is 0 Å². The summed E-state index contributed by atoms with van der Waals surface area (Å²) in [6.07, 6.45) is 1.76. The zero-order chi connectivity index (χ0) is 13.7. The first-order valence-electron chi connectivity index (χ1n) is 6.64. The van der Waals surface area contributed by atoms with Gasteiger partial charge >= 0.3 is 0 Å². The van der Waals surface area contributed by atoms with Crippen LogP contribution in [0.2, 0.25) is 0 Å². The molecule has 5 heteroatoms. The lowest BCUT2D eigenvalue weighted by atomic mass is 10.0. The van der Waals surface area contributed by atoms with Crippen molar-refractivity contribution in [1.82, 2.24) is 10.6 Å². The van der Waals surface area contributed by atoms with Gasteiger partial charge in [-0.3, -0.25) is 9.59 Å². The van der Waals surface area contributed by atoms with Crippen LogP contribution < -0.4 is 10.6 Å². The summed E-state index contributed by atoms with van der Waals surface area (Å²) in [6.45, 7) is 5.90. The second-order valence-corrected chi connectivity index (χ2v) is 5.42. The summed E-state index contributed by atoms with van der Waals surface area (Å²) in [5.74, 6) is 0.423. The number of hydrogen-bond donors (Lipinski definition) is 3. The van der Waals surface area contributed by atoms with E-state index in [1.807, 2.05) is 20.8 Å². The predicted molar refractivity (Wildman–Crippen MR) is 68.8 cm³/mol. The zero-order valence-corrected chi connectivity index (χ0v) is 11.4. The summed E-state index contributed by atoms with van der Waals surface area (Å²) in [7, 11) is 0. The van der Waals surface area contributed by atoms with Crippen molar-refractivity contribution in [1.29, 1.82) is 0 Å². The second-order valence-electron chi connectivity index (χ2n) is 5.42. The van der Waals surface area contributed by atoms with Gasteiger partial charge < -0.3 is 15.7 Å². The fourth-order valence-electron chi connectivity index (χ4n) is 1.95. The Morgan fingerprint density at radius 2 is 1.94 bits per heavy atom. The normalized spacial score (nSPS) is 23.6. The first-order valence-corrected chi connectivity index (χ1v) is 6.64. The molecule has 1 aliphatic carbocycles. The van der Waals surface area contributed by atoms with Gasteiger partial charge in [-0.1, -0.05) is 20.8 Å². The third-order valence-electron chi connectivity index (χ3n) is 3.29. The molecular formula is C13H24N2O3. The summed E-state index contributed by atoms with van der Waals surface area (Å²) in [5.41, 5.74) is 0. The molecule has 0 aliphatic heterocycles. The van der Waals surface area contributed by atoms with Gasteiger partial charge in [-0.15, -0.1) is 0 Å². The van der Waals surface area contributed by atoms with Crippen molar-refractivity contribution in [2.75, 3.05) is 13.2 Å². The first-order chi connectivity index (χ1) is 8.45. The van der Waals surface area contributed by atoms with Gasteiger partial charge in [0.05, 0.1) is 6.61 Å². The van der Waals surface area contributed by atoms with E-state index in [9.17, 15) is 9.59 Å². The molecule has 3 unspecified atom stereocenters. The maximum absolute atomic E-state index is 11.6. The van der Waals surface area contributed by atoms with Crippen molar-refractivity contribution in [2.45, 2.75) is 39.7 Å². The van der Waals surface area contributed by atoms with Crippen LogP contribution >= 0.6 is 0 Å². The summed E-state index contributed by atoms with van der Waals surface area (Å²) in [4.78, 5) is 23.1. The highest BCUT2D eigenvalue weighted by molar-refractivity contribution is 5.79. The second kappa shape index (κ2) is 6.73. The van der Waals surface area contributed by atoms with Crippen LogP contribution in [0, 0.1) is 17.8 Å². The molecule has 3 atom stereocenters. The fourth-order valence-corrected chi connectivity index (χ4v) is 1.95. The lowest BCUT2D eigenvalue weighted by Gasteiger charge is -2.12. The first kappa shape index (κ1) is 15.0. The highest BCUT2D eigenvalue weighted by atomic mass is 16.3. The molecule has 0 aromatic heterocycles. The van der Waals surface area contributed by atoms with Crippen LogP contribution in [0.15, 0.2) is 0 Å². The van der Waals surface area contributed by atoms with Crippen molar-refractivity contribution in [3.63, 3.8) is 0 Å². The molecule has 0 spiro atoms. The molecule has 0 bridgehead atoms. The van der Waals surface area contributed by atoms with Gasteiger partial charge in [-0.2, -0.15) is 0 Å². The van der Waals surface area contributed by atoms with Crippen LogP contribution in [-0.4, -0.2) is 36.1 Å². The van der Waals surface area contributed by atoms with Gasteiger partial charge in [0.2, 0.25) is 11.8 Å². The number of carbonyl (C=O) groups excluding carboxylic acids is 2.